The van der Waals surface area contributed by atoms with E-state index in [1.807, 2.05) is 11.9 Å². The SMILES string of the molecule is CC(C)CC1CCN(C)C(F)C1. The molecule has 1 aliphatic heterocycles. The first kappa shape index (κ1) is 9.97. The quantitative estimate of drug-likeness (QED) is 0.580. The van der Waals surface area contributed by atoms with Crippen molar-refractivity contribution in [3.63, 3.8) is 0 Å². The van der Waals surface area contributed by atoms with Gasteiger partial charge < -0.3 is 0 Å². The molecule has 0 aromatic rings. The number of hydrogen-bond donors (Lipinski definition) is 0. The van der Waals surface area contributed by atoms with E-state index in [4.69, 9.17) is 0 Å². The van der Waals surface area contributed by atoms with Crippen LogP contribution in [-0.2, 0) is 0 Å². The van der Waals surface area contributed by atoms with E-state index in [1.165, 1.54) is 12.8 Å². The van der Waals surface area contributed by atoms with Gasteiger partial charge in [0.15, 0.2) is 6.30 Å². The van der Waals surface area contributed by atoms with E-state index in [9.17, 15) is 4.39 Å². The highest BCUT2D eigenvalue weighted by atomic mass is 19.1. The van der Waals surface area contributed by atoms with Crippen LogP contribution in [0.3, 0.4) is 0 Å². The standard InChI is InChI=1S/C10H20FN/c1-8(2)6-9-4-5-12(3)10(11)7-9/h8-10H,4-7H2,1-3H3. The molecule has 0 amide bonds. The van der Waals surface area contributed by atoms with E-state index in [0.29, 0.717) is 11.8 Å². The molecule has 0 radical (unpaired) electrons. The summed E-state index contributed by atoms with van der Waals surface area (Å²) in [7, 11) is 1.87. The molecular weight excluding hydrogens is 153 g/mol. The Morgan fingerprint density at radius 2 is 2.17 bits per heavy atom. The predicted octanol–water partition coefficient (Wildman–Crippen LogP) is 2.67. The zero-order chi connectivity index (χ0) is 9.14. The third-order valence-electron chi connectivity index (χ3n) is 2.70. The van der Waals surface area contributed by atoms with Crippen LogP contribution in [0.15, 0.2) is 0 Å². The summed E-state index contributed by atoms with van der Waals surface area (Å²) in [6.07, 6.45) is 2.42. The molecule has 1 aliphatic rings. The van der Waals surface area contributed by atoms with Crippen molar-refractivity contribution >= 4 is 0 Å². The van der Waals surface area contributed by atoms with Crippen LogP contribution >= 0.6 is 0 Å². The average molecular weight is 173 g/mol. The maximum Gasteiger partial charge on any atom is 0.153 e. The summed E-state index contributed by atoms with van der Waals surface area (Å²) in [6.45, 7) is 5.36. The van der Waals surface area contributed by atoms with Crippen molar-refractivity contribution in [2.75, 3.05) is 13.6 Å². The van der Waals surface area contributed by atoms with Crippen molar-refractivity contribution in [1.29, 1.82) is 0 Å². The monoisotopic (exact) mass is 173 g/mol. The fourth-order valence-electron chi connectivity index (χ4n) is 1.98. The summed E-state index contributed by atoms with van der Waals surface area (Å²) in [5, 5.41) is 0. The number of alkyl halides is 1. The summed E-state index contributed by atoms with van der Waals surface area (Å²) in [6, 6.07) is 0. The van der Waals surface area contributed by atoms with Gasteiger partial charge in [-0.1, -0.05) is 13.8 Å². The summed E-state index contributed by atoms with van der Waals surface area (Å²) >= 11 is 0. The Hall–Kier alpha value is -0.110. The van der Waals surface area contributed by atoms with Gasteiger partial charge in [-0.3, -0.25) is 4.90 Å². The lowest BCUT2D eigenvalue weighted by molar-refractivity contribution is 0.0375. The van der Waals surface area contributed by atoms with Crippen molar-refractivity contribution in [3.05, 3.63) is 0 Å². The van der Waals surface area contributed by atoms with Gasteiger partial charge in [0, 0.05) is 6.54 Å². The molecule has 0 spiro atoms. The van der Waals surface area contributed by atoms with Crippen molar-refractivity contribution < 1.29 is 4.39 Å². The molecule has 0 aromatic carbocycles. The first-order valence-electron chi connectivity index (χ1n) is 4.94. The van der Waals surface area contributed by atoms with Crippen LogP contribution < -0.4 is 0 Å². The number of piperidine rings is 1. The van der Waals surface area contributed by atoms with E-state index in [0.717, 1.165) is 13.0 Å². The molecule has 1 heterocycles. The Morgan fingerprint density at radius 1 is 1.50 bits per heavy atom. The first-order valence-corrected chi connectivity index (χ1v) is 4.94. The summed E-state index contributed by atoms with van der Waals surface area (Å²) < 4.78 is 13.2. The minimum Gasteiger partial charge on any atom is -0.277 e. The Balaban J connectivity index is 2.30. The molecule has 1 saturated heterocycles. The number of hydrogen-bond acceptors (Lipinski definition) is 1. The largest absolute Gasteiger partial charge is 0.277 e. The minimum absolute atomic E-state index is 0.621. The topological polar surface area (TPSA) is 3.24 Å². The van der Waals surface area contributed by atoms with Crippen LogP contribution in [-0.4, -0.2) is 24.8 Å². The molecule has 12 heavy (non-hydrogen) atoms. The van der Waals surface area contributed by atoms with E-state index in [-0.39, 0.29) is 0 Å². The fourth-order valence-corrected chi connectivity index (χ4v) is 1.98. The van der Waals surface area contributed by atoms with Crippen LogP contribution in [0.1, 0.15) is 33.1 Å². The van der Waals surface area contributed by atoms with E-state index >= 15 is 0 Å². The molecule has 2 heteroatoms. The zero-order valence-electron chi connectivity index (χ0n) is 8.39. The normalized spacial score (nSPS) is 32.8. The van der Waals surface area contributed by atoms with Gasteiger partial charge in [0.25, 0.3) is 0 Å². The van der Waals surface area contributed by atoms with Crippen LogP contribution in [0.4, 0.5) is 4.39 Å². The number of likely N-dealkylation sites (tertiary alicyclic amines) is 1. The molecule has 2 atom stereocenters. The molecule has 0 bridgehead atoms. The molecule has 2 unspecified atom stereocenters. The molecule has 0 aromatic heterocycles. The van der Waals surface area contributed by atoms with Gasteiger partial charge in [0.05, 0.1) is 0 Å². The molecule has 0 saturated carbocycles. The molecule has 72 valence electrons. The maximum absolute atomic E-state index is 13.2. The molecular formula is C10H20FN. The van der Waals surface area contributed by atoms with Crippen molar-refractivity contribution in [3.8, 4) is 0 Å². The second kappa shape index (κ2) is 4.22. The van der Waals surface area contributed by atoms with Crippen LogP contribution in [0.2, 0.25) is 0 Å². The number of halogens is 1. The van der Waals surface area contributed by atoms with Gasteiger partial charge in [-0.15, -0.1) is 0 Å². The van der Waals surface area contributed by atoms with Gasteiger partial charge in [0.2, 0.25) is 0 Å². The Morgan fingerprint density at radius 3 is 2.67 bits per heavy atom. The third-order valence-corrected chi connectivity index (χ3v) is 2.70. The highest BCUT2D eigenvalue weighted by Gasteiger charge is 2.25. The zero-order valence-corrected chi connectivity index (χ0v) is 8.39. The van der Waals surface area contributed by atoms with Crippen LogP contribution in [0.25, 0.3) is 0 Å². The van der Waals surface area contributed by atoms with Crippen molar-refractivity contribution in [1.82, 2.24) is 4.90 Å². The van der Waals surface area contributed by atoms with Crippen molar-refractivity contribution in [2.24, 2.45) is 11.8 Å². The van der Waals surface area contributed by atoms with Gasteiger partial charge in [0.1, 0.15) is 0 Å². The molecule has 1 rings (SSSR count). The highest BCUT2D eigenvalue weighted by Crippen LogP contribution is 2.27. The Bertz CT molecular complexity index is 136. The van der Waals surface area contributed by atoms with Gasteiger partial charge in [-0.05, 0) is 38.1 Å². The van der Waals surface area contributed by atoms with Gasteiger partial charge >= 0.3 is 0 Å². The van der Waals surface area contributed by atoms with E-state index in [1.54, 1.807) is 0 Å². The Kier molecular flexibility index (Phi) is 3.51. The lowest BCUT2D eigenvalue weighted by atomic mass is 9.88. The molecule has 0 aliphatic carbocycles. The van der Waals surface area contributed by atoms with Crippen LogP contribution in [0, 0.1) is 11.8 Å². The number of rotatable bonds is 2. The summed E-state index contributed by atoms with van der Waals surface area (Å²) in [5.74, 6) is 1.34. The lowest BCUT2D eigenvalue weighted by Crippen LogP contribution is -2.37. The Labute approximate surface area is 74.9 Å². The molecule has 1 fully saturated rings. The summed E-state index contributed by atoms with van der Waals surface area (Å²) in [4.78, 5) is 1.82. The van der Waals surface area contributed by atoms with Gasteiger partial charge in [-0.2, -0.15) is 0 Å². The predicted molar refractivity (Wildman–Crippen MR) is 49.7 cm³/mol. The maximum atomic E-state index is 13.2. The summed E-state index contributed by atoms with van der Waals surface area (Å²) in [5.41, 5.74) is 0. The highest BCUT2D eigenvalue weighted by molar-refractivity contribution is 4.74. The smallest absolute Gasteiger partial charge is 0.153 e. The average Bonchev–Trinajstić information content (AvgIpc) is 1.96. The first-order chi connectivity index (χ1) is 5.59. The van der Waals surface area contributed by atoms with E-state index in [2.05, 4.69) is 13.8 Å². The second-order valence-electron chi connectivity index (χ2n) is 4.44. The van der Waals surface area contributed by atoms with Crippen molar-refractivity contribution in [2.45, 2.75) is 39.4 Å². The van der Waals surface area contributed by atoms with Gasteiger partial charge in [-0.25, -0.2) is 4.39 Å². The van der Waals surface area contributed by atoms with E-state index < -0.39 is 6.30 Å². The lowest BCUT2D eigenvalue weighted by Gasteiger charge is -2.33. The third kappa shape index (κ3) is 2.74. The second-order valence-corrected chi connectivity index (χ2v) is 4.44. The molecule has 1 nitrogen and oxygen atoms in total. The number of nitrogens with zero attached hydrogens (tertiary/aromatic N) is 1. The fraction of sp³-hybridized carbons (Fsp3) is 1.00. The molecule has 0 N–H and O–H groups in total. The van der Waals surface area contributed by atoms with Crippen LogP contribution in [0.5, 0.6) is 0 Å². The minimum atomic E-state index is -0.692.